The topological polar surface area (TPSA) is 63.1 Å². The summed E-state index contributed by atoms with van der Waals surface area (Å²) in [6, 6.07) is 20.0. The van der Waals surface area contributed by atoms with Crippen molar-refractivity contribution in [2.45, 2.75) is 119 Å². The molecule has 0 saturated heterocycles. The first-order valence-electron chi connectivity index (χ1n) is 18.6. The molecule has 5 rings (SSSR count). The van der Waals surface area contributed by atoms with E-state index in [1.54, 1.807) is 6.33 Å². The van der Waals surface area contributed by atoms with E-state index < -0.39 is 8.07 Å². The normalized spacial score (nSPS) is 12.6. The number of carbonyl (C=O) groups is 1. The van der Waals surface area contributed by atoms with Crippen LogP contribution in [0.15, 0.2) is 60.6 Å². The van der Waals surface area contributed by atoms with Crippen molar-refractivity contribution in [1.82, 2.24) is 9.97 Å². The maximum absolute atomic E-state index is 11.7. The summed E-state index contributed by atoms with van der Waals surface area (Å²) in [5, 5.41) is 15.0. The maximum Gasteiger partial charge on any atom is 0.162 e. The number of aliphatic hydroxyl groups excluding tert-OH is 1. The van der Waals surface area contributed by atoms with Crippen LogP contribution in [-0.2, 0) is 36.7 Å². The Morgan fingerprint density at radius 2 is 1.53 bits per heavy atom. The van der Waals surface area contributed by atoms with Crippen LogP contribution in [-0.4, -0.2) is 28.9 Å². The van der Waals surface area contributed by atoms with Gasteiger partial charge in [0.1, 0.15) is 6.33 Å². The molecule has 0 saturated carbocycles. The molecule has 2 heterocycles. The van der Waals surface area contributed by atoms with Gasteiger partial charge in [-0.15, -0.1) is 40.5 Å². The number of fused-ring (bicyclic) bond motifs is 4. The van der Waals surface area contributed by atoms with Crippen molar-refractivity contribution in [2.24, 2.45) is 17.8 Å². The average molecular weight is 900 g/mol. The van der Waals surface area contributed by atoms with Crippen LogP contribution in [0.25, 0.3) is 42.3 Å². The quantitative estimate of drug-likeness (QED) is 0.0621. The third-order valence-electron chi connectivity index (χ3n) is 9.90. The summed E-state index contributed by atoms with van der Waals surface area (Å²) in [4.78, 5) is 21.3. The maximum atomic E-state index is 11.7. The van der Waals surface area contributed by atoms with E-state index >= 15 is 0 Å². The standard InChI is InChI=1S/C31H35N2SSi.C13H24O2.Ir/c1-19(2)13-20-14-22(15-21-16-24(35(6,7)8)10-12-25(20)21)28-30-29(33-18-32-28)26-11-9-23(31(3,4)5)17-27(26)34-30;1-5-10(6-2)12(14)9-13(15)11(7-3)8-4;/h9-12,14,16-19H,13H2,1-8H3;9-11,14H,5-8H2,1-4H3;/q-1;;/b;12-9-;. The minimum Gasteiger partial charge on any atom is -0.512 e. The van der Waals surface area contributed by atoms with E-state index in [2.05, 4.69) is 103 Å². The number of aliphatic hydroxyl groups is 1. The van der Waals surface area contributed by atoms with Gasteiger partial charge in [-0.25, -0.2) is 4.98 Å². The molecule has 0 aliphatic heterocycles. The van der Waals surface area contributed by atoms with E-state index in [1.165, 1.54) is 43.2 Å². The van der Waals surface area contributed by atoms with Gasteiger partial charge < -0.3 is 5.11 Å². The van der Waals surface area contributed by atoms with Crippen molar-refractivity contribution < 1.29 is 30.0 Å². The zero-order valence-corrected chi connectivity index (χ0v) is 37.2. The number of allylic oxidation sites excluding steroid dienone is 2. The largest absolute Gasteiger partial charge is 0.512 e. The molecule has 5 aromatic rings. The van der Waals surface area contributed by atoms with Gasteiger partial charge in [-0.3, -0.25) is 9.78 Å². The Bertz CT molecular complexity index is 1980. The molecule has 0 unspecified atom stereocenters. The molecule has 0 spiro atoms. The molecule has 0 aliphatic rings. The van der Waals surface area contributed by atoms with E-state index in [0.717, 1.165) is 53.6 Å². The second kappa shape index (κ2) is 17.9. The smallest absolute Gasteiger partial charge is 0.162 e. The predicted molar refractivity (Wildman–Crippen MR) is 221 cm³/mol. The minimum absolute atomic E-state index is 0. The molecule has 0 amide bonds. The van der Waals surface area contributed by atoms with E-state index in [1.807, 2.05) is 39.0 Å². The molecule has 0 atom stereocenters. The van der Waals surface area contributed by atoms with Gasteiger partial charge >= 0.3 is 0 Å². The molecule has 2 aromatic heterocycles. The van der Waals surface area contributed by atoms with E-state index in [4.69, 9.17) is 9.97 Å². The van der Waals surface area contributed by atoms with Crippen molar-refractivity contribution in [1.29, 1.82) is 0 Å². The van der Waals surface area contributed by atoms with Crippen molar-refractivity contribution in [3.05, 3.63) is 77.8 Å². The van der Waals surface area contributed by atoms with Crippen molar-refractivity contribution in [3.63, 3.8) is 0 Å². The number of rotatable bonds is 11. The van der Waals surface area contributed by atoms with Crippen LogP contribution >= 0.6 is 11.3 Å². The van der Waals surface area contributed by atoms with E-state index in [0.29, 0.717) is 5.92 Å². The molecule has 3 aromatic carbocycles. The second-order valence-electron chi connectivity index (χ2n) is 16.3. The molecule has 1 N–H and O–H groups in total. The first kappa shape index (κ1) is 42.7. The summed E-state index contributed by atoms with van der Waals surface area (Å²) >= 11 is 1.81. The molecule has 0 fully saturated rings. The van der Waals surface area contributed by atoms with Crippen molar-refractivity contribution >= 4 is 61.5 Å². The van der Waals surface area contributed by atoms with Crippen LogP contribution in [0.1, 0.15) is 99.1 Å². The van der Waals surface area contributed by atoms with Crippen LogP contribution in [0.2, 0.25) is 19.6 Å². The van der Waals surface area contributed by atoms with Gasteiger partial charge in [-0.1, -0.05) is 122 Å². The van der Waals surface area contributed by atoms with Gasteiger partial charge in [0.25, 0.3) is 0 Å². The van der Waals surface area contributed by atoms with Gasteiger partial charge in [0.05, 0.1) is 19.3 Å². The summed E-state index contributed by atoms with van der Waals surface area (Å²) in [5.74, 6) is 1.13. The average Bonchev–Trinajstić information content (AvgIpc) is 3.43. The van der Waals surface area contributed by atoms with E-state index in [9.17, 15) is 9.90 Å². The molecule has 51 heavy (non-hydrogen) atoms. The predicted octanol–water partition coefficient (Wildman–Crippen LogP) is 12.4. The Hall–Kier alpha value is -2.70. The fourth-order valence-corrected chi connectivity index (χ4v) is 8.94. The number of aromatic nitrogens is 2. The first-order valence-corrected chi connectivity index (χ1v) is 23.0. The summed E-state index contributed by atoms with van der Waals surface area (Å²) in [6.45, 7) is 26.7. The number of benzene rings is 3. The van der Waals surface area contributed by atoms with Crippen LogP contribution < -0.4 is 5.19 Å². The fourth-order valence-electron chi connectivity index (χ4n) is 6.58. The molecule has 0 aliphatic carbocycles. The summed E-state index contributed by atoms with van der Waals surface area (Å²) < 4.78 is 2.43. The van der Waals surface area contributed by atoms with Gasteiger partial charge in [0.15, 0.2) is 5.78 Å². The summed E-state index contributed by atoms with van der Waals surface area (Å²) in [7, 11) is -1.43. The van der Waals surface area contributed by atoms with Crippen molar-refractivity contribution in [2.75, 3.05) is 0 Å². The molecule has 277 valence electrons. The van der Waals surface area contributed by atoms with E-state index in [-0.39, 0.29) is 48.9 Å². The zero-order valence-electron chi connectivity index (χ0n) is 33.0. The fraction of sp³-hybridized carbons (Fsp3) is 0.477. The van der Waals surface area contributed by atoms with Gasteiger partial charge in [0, 0.05) is 58.5 Å². The van der Waals surface area contributed by atoms with Gasteiger partial charge in [-0.05, 0) is 55.1 Å². The van der Waals surface area contributed by atoms with Crippen LogP contribution in [0.3, 0.4) is 0 Å². The Labute approximate surface area is 326 Å². The molecule has 7 heteroatoms. The number of carbonyl (C=O) groups excluding carboxylic acids is 1. The zero-order chi connectivity index (χ0) is 37.0. The first-order chi connectivity index (χ1) is 23.5. The van der Waals surface area contributed by atoms with Crippen LogP contribution in [0, 0.1) is 23.8 Å². The number of ketones is 1. The molecular formula is C44H59IrN2O2SSi-. The number of thiophene rings is 1. The monoisotopic (exact) mass is 900 g/mol. The summed E-state index contributed by atoms with van der Waals surface area (Å²) in [6.07, 6.45) is 7.67. The SMILES string of the molecule is CC(C)Cc1cc(-c2ncnc3c2sc2cc(C(C)(C)C)ccc23)[c-]c2cc([Si](C)(C)C)ccc12.CCC(CC)C(=O)/C=C(\O)C(CC)CC.[Ir]. The Kier molecular flexibility index (Phi) is 15.0. The van der Waals surface area contributed by atoms with Gasteiger partial charge in [0.2, 0.25) is 0 Å². The Morgan fingerprint density at radius 1 is 0.902 bits per heavy atom. The third kappa shape index (κ3) is 10.3. The third-order valence-corrected chi connectivity index (χ3v) is 13.1. The summed E-state index contributed by atoms with van der Waals surface area (Å²) in [5.41, 5.74) is 5.97. The second-order valence-corrected chi connectivity index (χ2v) is 22.4. The number of nitrogens with zero attached hydrogens (tertiary/aromatic N) is 2. The number of hydrogen-bond donors (Lipinski definition) is 1. The van der Waals surface area contributed by atoms with Crippen LogP contribution in [0.5, 0.6) is 0 Å². The molecule has 1 radical (unpaired) electrons. The Morgan fingerprint density at radius 3 is 2.10 bits per heavy atom. The molecular weight excluding hydrogens is 841 g/mol. The Balaban J connectivity index is 0.000000374. The molecule has 4 nitrogen and oxygen atoms in total. The molecule has 0 bridgehead atoms. The minimum atomic E-state index is -1.43. The number of hydrogen-bond acceptors (Lipinski definition) is 5. The van der Waals surface area contributed by atoms with Crippen LogP contribution in [0.4, 0.5) is 0 Å². The van der Waals surface area contributed by atoms with Crippen molar-refractivity contribution in [3.8, 4) is 11.3 Å². The van der Waals surface area contributed by atoms with Gasteiger partial charge in [-0.2, -0.15) is 0 Å².